The van der Waals surface area contributed by atoms with Gasteiger partial charge in [-0.25, -0.2) is 9.97 Å². The van der Waals surface area contributed by atoms with Crippen molar-refractivity contribution < 1.29 is 0 Å². The van der Waals surface area contributed by atoms with Crippen molar-refractivity contribution in [3.63, 3.8) is 0 Å². The second-order valence-electron chi connectivity index (χ2n) is 5.79. The van der Waals surface area contributed by atoms with Crippen LogP contribution in [0.15, 0.2) is 54.9 Å². The monoisotopic (exact) mass is 372 g/mol. The average Bonchev–Trinajstić information content (AvgIpc) is 2.63. The van der Waals surface area contributed by atoms with Crippen LogP contribution >= 0.6 is 23.2 Å². The van der Waals surface area contributed by atoms with Crippen molar-refractivity contribution in [2.45, 2.75) is 13.0 Å². The van der Waals surface area contributed by atoms with E-state index in [9.17, 15) is 0 Å². The van der Waals surface area contributed by atoms with Crippen molar-refractivity contribution in [1.82, 2.24) is 9.97 Å². The molecule has 0 aliphatic heterocycles. The Morgan fingerprint density at radius 1 is 1.04 bits per heavy atom. The topological polar surface area (TPSA) is 63.8 Å². The highest BCUT2D eigenvalue weighted by Gasteiger charge is 2.08. The van der Waals surface area contributed by atoms with E-state index in [2.05, 4.69) is 15.3 Å². The van der Waals surface area contributed by atoms with Crippen LogP contribution in [0.2, 0.25) is 10.0 Å². The van der Waals surface area contributed by atoms with Crippen LogP contribution in [0.3, 0.4) is 0 Å². The number of nitrogens with zero attached hydrogens (tertiary/aromatic N) is 2. The van der Waals surface area contributed by atoms with Gasteiger partial charge in [-0.1, -0.05) is 47.5 Å². The molecule has 128 valence electrons. The SMILES string of the molecule is Cc1ccc(-c2cc(NC[C@H](N)c3ccc(Cl)cc3)ncn2)cc1Cl. The van der Waals surface area contributed by atoms with E-state index >= 15 is 0 Å². The van der Waals surface area contributed by atoms with Crippen molar-refractivity contribution in [1.29, 1.82) is 0 Å². The highest BCUT2D eigenvalue weighted by molar-refractivity contribution is 6.31. The van der Waals surface area contributed by atoms with Crippen molar-refractivity contribution in [3.05, 3.63) is 76.0 Å². The van der Waals surface area contributed by atoms with Gasteiger partial charge in [0.2, 0.25) is 0 Å². The molecule has 0 fully saturated rings. The third-order valence-electron chi connectivity index (χ3n) is 3.94. The molecule has 3 rings (SSSR count). The van der Waals surface area contributed by atoms with E-state index < -0.39 is 0 Å². The number of nitrogens with one attached hydrogen (secondary N) is 1. The molecule has 25 heavy (non-hydrogen) atoms. The average molecular weight is 373 g/mol. The summed E-state index contributed by atoms with van der Waals surface area (Å²) in [6.07, 6.45) is 1.53. The van der Waals surface area contributed by atoms with Crippen LogP contribution in [0.5, 0.6) is 0 Å². The second-order valence-corrected chi connectivity index (χ2v) is 6.64. The molecule has 2 aromatic carbocycles. The van der Waals surface area contributed by atoms with E-state index in [4.69, 9.17) is 28.9 Å². The van der Waals surface area contributed by atoms with Crippen molar-refractivity contribution >= 4 is 29.0 Å². The maximum absolute atomic E-state index is 6.21. The van der Waals surface area contributed by atoms with E-state index in [1.165, 1.54) is 6.33 Å². The molecule has 0 amide bonds. The molecule has 0 bridgehead atoms. The Balaban J connectivity index is 1.71. The molecule has 6 heteroatoms. The summed E-state index contributed by atoms with van der Waals surface area (Å²) in [5.74, 6) is 0.714. The fourth-order valence-corrected chi connectivity index (χ4v) is 2.71. The van der Waals surface area contributed by atoms with Gasteiger partial charge in [-0.2, -0.15) is 0 Å². The number of aromatic nitrogens is 2. The second kappa shape index (κ2) is 7.83. The Morgan fingerprint density at radius 2 is 1.80 bits per heavy atom. The zero-order chi connectivity index (χ0) is 17.8. The van der Waals surface area contributed by atoms with Gasteiger partial charge < -0.3 is 11.1 Å². The first kappa shape index (κ1) is 17.7. The Hall–Kier alpha value is -2.14. The van der Waals surface area contributed by atoms with Crippen molar-refractivity contribution in [3.8, 4) is 11.3 Å². The standard InChI is InChI=1S/C19H18Cl2N4/c1-12-2-3-14(8-16(12)21)18-9-19(25-11-24-18)23-10-17(22)13-4-6-15(20)7-5-13/h2-9,11,17H,10,22H2,1H3,(H,23,24,25)/t17-/m0/s1. The Labute approximate surface area is 157 Å². The minimum Gasteiger partial charge on any atom is -0.368 e. The summed E-state index contributed by atoms with van der Waals surface area (Å²) in [4.78, 5) is 8.57. The van der Waals surface area contributed by atoms with Crippen molar-refractivity contribution in [2.24, 2.45) is 5.73 Å². The molecule has 0 saturated carbocycles. The summed E-state index contributed by atoms with van der Waals surface area (Å²) in [5.41, 5.74) is 10.0. The molecule has 4 nitrogen and oxygen atoms in total. The molecular formula is C19H18Cl2N4. The fourth-order valence-electron chi connectivity index (χ4n) is 2.41. The van der Waals surface area contributed by atoms with Gasteiger partial charge in [-0.3, -0.25) is 0 Å². The number of aryl methyl sites for hydroxylation is 1. The number of benzene rings is 2. The van der Waals surface area contributed by atoms with Gasteiger partial charge in [-0.05, 0) is 36.2 Å². The van der Waals surface area contributed by atoms with Gasteiger partial charge in [0, 0.05) is 34.3 Å². The van der Waals surface area contributed by atoms with Gasteiger partial charge in [0.15, 0.2) is 0 Å². The molecule has 3 aromatic rings. The van der Waals surface area contributed by atoms with Crippen LogP contribution in [0.4, 0.5) is 5.82 Å². The van der Waals surface area contributed by atoms with E-state index in [0.29, 0.717) is 17.4 Å². The highest BCUT2D eigenvalue weighted by Crippen LogP contribution is 2.25. The van der Waals surface area contributed by atoms with Crippen molar-refractivity contribution in [2.75, 3.05) is 11.9 Å². The Bertz CT molecular complexity index is 866. The van der Waals surface area contributed by atoms with E-state index in [1.54, 1.807) is 0 Å². The molecule has 1 aromatic heterocycles. The summed E-state index contributed by atoms with van der Waals surface area (Å²) in [5, 5.41) is 4.67. The summed E-state index contributed by atoms with van der Waals surface area (Å²) < 4.78 is 0. The summed E-state index contributed by atoms with van der Waals surface area (Å²) in [6.45, 7) is 2.52. The van der Waals surface area contributed by atoms with Crippen LogP contribution in [0.1, 0.15) is 17.2 Å². The molecule has 0 unspecified atom stereocenters. The molecule has 0 radical (unpaired) electrons. The normalized spacial score (nSPS) is 12.0. The van der Waals surface area contributed by atoms with Crippen LogP contribution in [0, 0.1) is 6.92 Å². The molecule has 0 aliphatic carbocycles. The lowest BCUT2D eigenvalue weighted by Crippen LogP contribution is -2.21. The first-order valence-electron chi connectivity index (χ1n) is 7.86. The van der Waals surface area contributed by atoms with E-state index in [-0.39, 0.29) is 6.04 Å². The van der Waals surface area contributed by atoms with Gasteiger partial charge >= 0.3 is 0 Å². The van der Waals surface area contributed by atoms with Gasteiger partial charge in [-0.15, -0.1) is 0 Å². The minimum absolute atomic E-state index is 0.162. The molecule has 1 atom stereocenters. The fraction of sp³-hybridized carbons (Fsp3) is 0.158. The zero-order valence-corrected chi connectivity index (χ0v) is 15.2. The molecule has 0 spiro atoms. The maximum Gasteiger partial charge on any atom is 0.130 e. The molecule has 1 heterocycles. The quantitative estimate of drug-likeness (QED) is 0.670. The lowest BCUT2D eigenvalue weighted by Gasteiger charge is -2.14. The Kier molecular flexibility index (Phi) is 5.53. The van der Waals surface area contributed by atoms with Crippen LogP contribution in [-0.2, 0) is 0 Å². The van der Waals surface area contributed by atoms with Crippen LogP contribution in [-0.4, -0.2) is 16.5 Å². The summed E-state index contributed by atoms with van der Waals surface area (Å²) >= 11 is 12.1. The first-order valence-corrected chi connectivity index (χ1v) is 8.62. The van der Waals surface area contributed by atoms with E-state index in [0.717, 1.165) is 27.4 Å². The Morgan fingerprint density at radius 3 is 2.52 bits per heavy atom. The van der Waals surface area contributed by atoms with Gasteiger partial charge in [0.25, 0.3) is 0 Å². The number of hydrogen-bond acceptors (Lipinski definition) is 4. The number of hydrogen-bond donors (Lipinski definition) is 2. The third kappa shape index (κ3) is 4.48. The summed E-state index contributed by atoms with van der Waals surface area (Å²) in [6, 6.07) is 15.1. The summed E-state index contributed by atoms with van der Waals surface area (Å²) in [7, 11) is 0. The predicted octanol–water partition coefficient (Wildman–Crippen LogP) is 4.87. The zero-order valence-electron chi connectivity index (χ0n) is 13.7. The number of anilines is 1. The lowest BCUT2D eigenvalue weighted by atomic mass is 10.1. The van der Waals surface area contributed by atoms with E-state index in [1.807, 2.05) is 55.5 Å². The van der Waals surface area contributed by atoms with Gasteiger partial charge in [0.1, 0.15) is 12.1 Å². The first-order chi connectivity index (χ1) is 12.0. The maximum atomic E-state index is 6.21. The molecule has 0 saturated heterocycles. The number of halogens is 2. The third-order valence-corrected chi connectivity index (χ3v) is 4.60. The van der Waals surface area contributed by atoms with Crippen LogP contribution in [0.25, 0.3) is 11.3 Å². The number of nitrogens with two attached hydrogens (primary N) is 1. The number of rotatable bonds is 5. The minimum atomic E-state index is -0.162. The molecular weight excluding hydrogens is 355 g/mol. The molecule has 3 N–H and O–H groups in total. The van der Waals surface area contributed by atoms with Crippen LogP contribution < -0.4 is 11.1 Å². The smallest absolute Gasteiger partial charge is 0.130 e. The molecule has 0 aliphatic rings. The highest BCUT2D eigenvalue weighted by atomic mass is 35.5. The predicted molar refractivity (Wildman–Crippen MR) is 104 cm³/mol. The largest absolute Gasteiger partial charge is 0.368 e. The van der Waals surface area contributed by atoms with Gasteiger partial charge in [0.05, 0.1) is 5.69 Å². The lowest BCUT2D eigenvalue weighted by molar-refractivity contribution is 0.761.